The van der Waals surface area contributed by atoms with Crippen LogP contribution in [0.2, 0.25) is 5.02 Å². The monoisotopic (exact) mass is 392 g/mol. The van der Waals surface area contributed by atoms with Crippen molar-refractivity contribution >= 4 is 28.5 Å². The van der Waals surface area contributed by atoms with Crippen LogP contribution in [0, 0.1) is 0 Å². The van der Waals surface area contributed by atoms with E-state index < -0.39 is 12.0 Å². The number of nitrogens with zero attached hydrogens (tertiary/aromatic N) is 4. The summed E-state index contributed by atoms with van der Waals surface area (Å²) in [5, 5.41) is 10.8. The first kappa shape index (κ1) is 18.1. The molecule has 1 atom stereocenters. The van der Waals surface area contributed by atoms with Gasteiger partial charge >= 0.3 is 0 Å². The van der Waals surface area contributed by atoms with Crippen LogP contribution in [0.15, 0.2) is 36.8 Å². The quantitative estimate of drug-likeness (QED) is 0.696. The van der Waals surface area contributed by atoms with Crippen LogP contribution in [0.25, 0.3) is 11.0 Å². The summed E-state index contributed by atoms with van der Waals surface area (Å²) in [5.74, 6) is -2.48. The lowest BCUT2D eigenvalue weighted by molar-refractivity contribution is -0.0734. The first-order valence-corrected chi connectivity index (χ1v) is 9.14. The summed E-state index contributed by atoms with van der Waals surface area (Å²) in [4.78, 5) is 9.94. The minimum absolute atomic E-state index is 0.280. The van der Waals surface area contributed by atoms with Gasteiger partial charge in [0.15, 0.2) is 5.65 Å². The van der Waals surface area contributed by atoms with E-state index in [-0.39, 0.29) is 6.54 Å². The van der Waals surface area contributed by atoms with Gasteiger partial charge in [-0.2, -0.15) is 5.10 Å². The number of aromatic amines is 1. The van der Waals surface area contributed by atoms with E-state index in [2.05, 4.69) is 25.5 Å². The standard InChI is InChI=1S/C18H19ClF2N6/c19-13-3-1-12(2-4-13)5-7-27-8-6-15(18(20,21)10-27)25-16-14-9-24-26-17(14)23-11-22-16/h1-4,9,11,15H,5-8,10H2,(H2,22,23,24,25,26). The zero-order valence-electron chi connectivity index (χ0n) is 14.5. The predicted molar refractivity (Wildman–Crippen MR) is 100 cm³/mol. The molecule has 0 amide bonds. The van der Waals surface area contributed by atoms with Gasteiger partial charge in [0, 0.05) is 18.1 Å². The summed E-state index contributed by atoms with van der Waals surface area (Å²) in [6, 6.07) is 6.53. The summed E-state index contributed by atoms with van der Waals surface area (Å²) >= 11 is 5.88. The van der Waals surface area contributed by atoms with Crippen LogP contribution in [-0.4, -0.2) is 56.7 Å². The molecule has 6 nitrogen and oxygen atoms in total. The number of benzene rings is 1. The first-order chi connectivity index (χ1) is 13.0. The average Bonchev–Trinajstić information content (AvgIpc) is 3.13. The van der Waals surface area contributed by atoms with Crippen LogP contribution in [0.4, 0.5) is 14.6 Å². The number of nitrogens with one attached hydrogen (secondary N) is 2. The van der Waals surface area contributed by atoms with Crippen molar-refractivity contribution in [2.75, 3.05) is 25.0 Å². The van der Waals surface area contributed by atoms with Gasteiger partial charge in [0.05, 0.1) is 24.2 Å². The Balaban J connectivity index is 1.38. The van der Waals surface area contributed by atoms with E-state index in [0.29, 0.717) is 47.8 Å². The normalized spacial score (nSPS) is 20.0. The maximum Gasteiger partial charge on any atom is 0.280 e. The summed E-state index contributed by atoms with van der Waals surface area (Å²) < 4.78 is 29.4. The Morgan fingerprint density at radius 2 is 2.07 bits per heavy atom. The molecule has 0 aliphatic carbocycles. The molecule has 3 heterocycles. The third kappa shape index (κ3) is 4.01. The Morgan fingerprint density at radius 1 is 1.26 bits per heavy atom. The molecule has 142 valence electrons. The Bertz CT molecular complexity index is 914. The minimum atomic E-state index is -2.86. The highest BCUT2D eigenvalue weighted by Crippen LogP contribution is 2.31. The van der Waals surface area contributed by atoms with Gasteiger partial charge in [0.25, 0.3) is 5.92 Å². The van der Waals surface area contributed by atoms with Crippen LogP contribution in [0.3, 0.4) is 0 Å². The van der Waals surface area contributed by atoms with Gasteiger partial charge in [-0.3, -0.25) is 10.00 Å². The number of alkyl halides is 2. The molecule has 0 spiro atoms. The topological polar surface area (TPSA) is 69.7 Å². The predicted octanol–water partition coefficient (Wildman–Crippen LogP) is 3.37. The molecule has 1 fully saturated rings. The number of H-pyrrole nitrogens is 1. The van der Waals surface area contributed by atoms with Gasteiger partial charge in [0.1, 0.15) is 12.1 Å². The number of fused-ring (bicyclic) bond motifs is 1. The van der Waals surface area contributed by atoms with Gasteiger partial charge in [-0.25, -0.2) is 18.7 Å². The van der Waals surface area contributed by atoms with Gasteiger partial charge in [-0.1, -0.05) is 23.7 Å². The molecule has 1 aliphatic rings. The van der Waals surface area contributed by atoms with Crippen molar-refractivity contribution in [3.8, 4) is 0 Å². The molecule has 9 heteroatoms. The third-order valence-electron chi connectivity index (χ3n) is 4.87. The molecule has 1 unspecified atom stereocenters. The number of likely N-dealkylation sites (tertiary alicyclic amines) is 1. The molecule has 27 heavy (non-hydrogen) atoms. The van der Waals surface area contributed by atoms with Crippen molar-refractivity contribution in [2.45, 2.75) is 24.8 Å². The summed E-state index contributed by atoms with van der Waals surface area (Å²) in [7, 11) is 0. The highest BCUT2D eigenvalue weighted by Gasteiger charge is 2.44. The second-order valence-electron chi connectivity index (χ2n) is 6.75. The molecule has 2 N–H and O–H groups in total. The van der Waals surface area contributed by atoms with E-state index in [1.807, 2.05) is 24.3 Å². The molecule has 0 radical (unpaired) electrons. The molecule has 0 bridgehead atoms. The lowest BCUT2D eigenvalue weighted by Crippen LogP contribution is -2.54. The number of piperidine rings is 1. The van der Waals surface area contributed by atoms with Crippen molar-refractivity contribution in [3.05, 3.63) is 47.4 Å². The van der Waals surface area contributed by atoms with Crippen molar-refractivity contribution in [3.63, 3.8) is 0 Å². The Morgan fingerprint density at radius 3 is 2.85 bits per heavy atom. The number of anilines is 1. The lowest BCUT2D eigenvalue weighted by Gasteiger charge is -2.38. The number of hydrogen-bond donors (Lipinski definition) is 2. The van der Waals surface area contributed by atoms with Crippen molar-refractivity contribution < 1.29 is 8.78 Å². The van der Waals surface area contributed by atoms with E-state index in [4.69, 9.17) is 11.6 Å². The smallest absolute Gasteiger partial charge is 0.280 e. The van der Waals surface area contributed by atoms with E-state index >= 15 is 0 Å². The van der Waals surface area contributed by atoms with Crippen LogP contribution < -0.4 is 5.32 Å². The van der Waals surface area contributed by atoms with Crippen LogP contribution in [0.5, 0.6) is 0 Å². The summed E-state index contributed by atoms with van der Waals surface area (Å²) in [6.45, 7) is 0.905. The Kier molecular flexibility index (Phi) is 4.92. The van der Waals surface area contributed by atoms with Gasteiger partial charge in [0.2, 0.25) is 0 Å². The fraction of sp³-hybridized carbons (Fsp3) is 0.389. The molecule has 3 aromatic rings. The molecule has 1 aliphatic heterocycles. The summed E-state index contributed by atoms with van der Waals surface area (Å²) in [6.07, 6.45) is 3.92. The molecule has 2 aromatic heterocycles. The van der Waals surface area contributed by atoms with Crippen LogP contribution in [-0.2, 0) is 6.42 Å². The van der Waals surface area contributed by atoms with Gasteiger partial charge in [-0.15, -0.1) is 0 Å². The molecular weight excluding hydrogens is 374 g/mol. The van der Waals surface area contributed by atoms with E-state index in [9.17, 15) is 8.78 Å². The Labute approximate surface area is 159 Å². The zero-order chi connectivity index (χ0) is 18.9. The SMILES string of the molecule is FC1(F)CN(CCc2ccc(Cl)cc2)CCC1Nc1ncnc2[nH]ncc12. The van der Waals surface area contributed by atoms with Crippen molar-refractivity contribution in [1.29, 1.82) is 0 Å². The maximum atomic E-state index is 14.7. The fourth-order valence-corrected chi connectivity index (χ4v) is 3.49. The molecular formula is C18H19ClF2N6. The van der Waals surface area contributed by atoms with Crippen LogP contribution in [0.1, 0.15) is 12.0 Å². The second-order valence-corrected chi connectivity index (χ2v) is 7.19. The number of halogens is 3. The molecule has 1 saturated heterocycles. The van der Waals surface area contributed by atoms with Crippen LogP contribution >= 0.6 is 11.6 Å². The molecule has 1 aromatic carbocycles. The van der Waals surface area contributed by atoms with Crippen molar-refractivity contribution in [1.82, 2.24) is 25.1 Å². The number of hydrogen-bond acceptors (Lipinski definition) is 5. The second kappa shape index (κ2) is 7.36. The zero-order valence-corrected chi connectivity index (χ0v) is 15.3. The largest absolute Gasteiger partial charge is 0.360 e. The van der Waals surface area contributed by atoms with E-state index in [1.54, 1.807) is 4.90 Å². The molecule has 0 saturated carbocycles. The average molecular weight is 393 g/mol. The van der Waals surface area contributed by atoms with E-state index in [0.717, 1.165) is 5.56 Å². The van der Waals surface area contributed by atoms with Crippen molar-refractivity contribution in [2.24, 2.45) is 0 Å². The van der Waals surface area contributed by atoms with Gasteiger partial charge < -0.3 is 5.32 Å². The fourth-order valence-electron chi connectivity index (χ4n) is 3.36. The maximum absolute atomic E-state index is 14.7. The lowest BCUT2D eigenvalue weighted by atomic mass is 10.00. The third-order valence-corrected chi connectivity index (χ3v) is 5.12. The molecule has 4 rings (SSSR count). The Hall–Kier alpha value is -2.32. The van der Waals surface area contributed by atoms with Gasteiger partial charge in [-0.05, 0) is 30.5 Å². The first-order valence-electron chi connectivity index (χ1n) is 8.76. The number of rotatable bonds is 5. The minimum Gasteiger partial charge on any atom is -0.360 e. The number of aromatic nitrogens is 4. The highest BCUT2D eigenvalue weighted by molar-refractivity contribution is 6.30. The summed E-state index contributed by atoms with van der Waals surface area (Å²) in [5.41, 5.74) is 1.61. The highest BCUT2D eigenvalue weighted by atomic mass is 35.5. The van der Waals surface area contributed by atoms with E-state index in [1.165, 1.54) is 12.5 Å².